The molecule has 1 amide bonds. The monoisotopic (exact) mass is 452 g/mol. The van der Waals surface area contributed by atoms with Crippen molar-refractivity contribution in [3.05, 3.63) is 39.2 Å². The van der Waals surface area contributed by atoms with Gasteiger partial charge in [0.1, 0.15) is 5.60 Å². The third kappa shape index (κ3) is 4.47. The van der Waals surface area contributed by atoms with E-state index in [1.165, 1.54) is 20.8 Å². The third-order valence-corrected chi connectivity index (χ3v) is 6.00. The molecule has 0 unspecified atom stereocenters. The van der Waals surface area contributed by atoms with Gasteiger partial charge in [-0.2, -0.15) is 4.39 Å². The van der Waals surface area contributed by atoms with Crippen LogP contribution in [-0.2, 0) is 20.3 Å². The summed E-state index contributed by atoms with van der Waals surface area (Å²) < 4.78 is 73.8. The molecule has 1 saturated heterocycles. The van der Waals surface area contributed by atoms with E-state index in [1.807, 2.05) is 0 Å². The molecular weight excluding hydrogens is 433 g/mol. The molecule has 1 aromatic rings. The zero-order valence-electron chi connectivity index (χ0n) is 16.6. The van der Waals surface area contributed by atoms with Crippen LogP contribution in [-0.4, -0.2) is 48.1 Å². The quantitative estimate of drug-likeness (QED) is 0.414. The molecule has 30 heavy (non-hydrogen) atoms. The lowest BCUT2D eigenvalue weighted by atomic mass is 9.92. The molecule has 2 rings (SSSR count). The maximum absolute atomic E-state index is 14.7. The summed E-state index contributed by atoms with van der Waals surface area (Å²) in [6.45, 7) is 5.56. The number of sulfonamides is 1. The Morgan fingerprint density at radius 2 is 1.90 bits per heavy atom. The standard InChI is InChI=1S/C16H19F3N4O6S/c1-15(2,3)29-14(24)20-13-21-16(4,7-30(27,28)22(13)5)10-11(18)8(17)6-9(12(10)19)23(25)26/h6H,7H2,1-5H3,(H,20,21,24)/t16-/m0/s1. The average Bonchev–Trinajstić information content (AvgIpc) is 2.53. The molecule has 1 N–H and O–H groups in total. The van der Waals surface area contributed by atoms with Crippen molar-refractivity contribution in [1.29, 1.82) is 0 Å². The van der Waals surface area contributed by atoms with Gasteiger partial charge in [-0.3, -0.25) is 10.1 Å². The molecule has 10 nitrogen and oxygen atoms in total. The number of nitro benzene ring substituents is 1. The highest BCUT2D eigenvalue weighted by Gasteiger charge is 2.47. The molecule has 0 aliphatic carbocycles. The van der Waals surface area contributed by atoms with Crippen molar-refractivity contribution in [2.75, 3.05) is 12.8 Å². The van der Waals surface area contributed by atoms with Crippen molar-refractivity contribution in [2.24, 2.45) is 4.99 Å². The van der Waals surface area contributed by atoms with Gasteiger partial charge in [0.2, 0.25) is 21.8 Å². The molecular formula is C16H19F3N4O6S. The van der Waals surface area contributed by atoms with Gasteiger partial charge in [0.25, 0.3) is 0 Å². The van der Waals surface area contributed by atoms with Crippen LogP contribution in [0.2, 0.25) is 0 Å². The van der Waals surface area contributed by atoms with Crippen LogP contribution in [0.5, 0.6) is 0 Å². The Bertz CT molecular complexity index is 1050. The van der Waals surface area contributed by atoms with Gasteiger partial charge in [0.05, 0.1) is 27.8 Å². The van der Waals surface area contributed by atoms with Gasteiger partial charge in [0.15, 0.2) is 11.6 Å². The highest BCUT2D eigenvalue weighted by atomic mass is 32.2. The molecule has 1 heterocycles. The van der Waals surface area contributed by atoms with E-state index in [0.29, 0.717) is 4.31 Å². The molecule has 0 radical (unpaired) electrons. The SMILES string of the molecule is CN1/C(=N/C(=O)OC(C)(C)C)N[C@](C)(c2c(F)c(F)cc([N+](=O)[O-])c2F)CS1(=O)=O. The van der Waals surface area contributed by atoms with Gasteiger partial charge in [-0.1, -0.05) is 0 Å². The molecule has 1 aromatic carbocycles. The smallest absolute Gasteiger partial charge is 0.437 e. The summed E-state index contributed by atoms with van der Waals surface area (Å²) in [4.78, 5) is 25.2. The molecule has 166 valence electrons. The van der Waals surface area contributed by atoms with Gasteiger partial charge in [-0.15, -0.1) is 4.99 Å². The Morgan fingerprint density at radius 3 is 2.40 bits per heavy atom. The van der Waals surface area contributed by atoms with Gasteiger partial charge in [-0.25, -0.2) is 26.3 Å². The normalized spacial score (nSPS) is 22.5. The summed E-state index contributed by atoms with van der Waals surface area (Å²) >= 11 is 0. The number of hydrogen-bond acceptors (Lipinski definition) is 6. The second-order valence-corrected chi connectivity index (χ2v) is 9.73. The van der Waals surface area contributed by atoms with Crippen molar-refractivity contribution in [3.63, 3.8) is 0 Å². The highest BCUT2D eigenvalue weighted by Crippen LogP contribution is 2.36. The van der Waals surface area contributed by atoms with Crippen LogP contribution in [0.1, 0.15) is 33.3 Å². The van der Waals surface area contributed by atoms with E-state index < -0.39 is 72.6 Å². The summed E-state index contributed by atoms with van der Waals surface area (Å²) in [5, 5.41) is 13.4. The number of amides is 1. The average molecular weight is 452 g/mol. The molecule has 1 aliphatic heterocycles. The largest absolute Gasteiger partial charge is 0.442 e. The van der Waals surface area contributed by atoms with Crippen LogP contribution >= 0.6 is 0 Å². The summed E-state index contributed by atoms with van der Waals surface area (Å²) in [5.41, 5.74) is -5.82. The molecule has 0 aromatic heterocycles. The summed E-state index contributed by atoms with van der Waals surface area (Å²) in [5.74, 6) is -7.00. The Kier molecular flexibility index (Phi) is 5.78. The predicted octanol–water partition coefficient (Wildman–Crippen LogP) is 2.38. The fraction of sp³-hybridized carbons (Fsp3) is 0.500. The molecule has 1 aliphatic rings. The number of nitrogens with one attached hydrogen (secondary N) is 1. The van der Waals surface area contributed by atoms with E-state index in [1.54, 1.807) is 0 Å². The van der Waals surface area contributed by atoms with Crippen molar-refractivity contribution in [3.8, 4) is 0 Å². The number of halogens is 3. The van der Waals surface area contributed by atoms with Crippen molar-refractivity contribution < 1.29 is 36.0 Å². The van der Waals surface area contributed by atoms with Crippen LogP contribution in [0.15, 0.2) is 11.1 Å². The van der Waals surface area contributed by atoms with Crippen molar-refractivity contribution in [1.82, 2.24) is 9.62 Å². The lowest BCUT2D eigenvalue weighted by molar-refractivity contribution is -0.387. The van der Waals surface area contributed by atoms with Gasteiger partial charge < -0.3 is 10.1 Å². The first kappa shape index (κ1) is 23.4. The Labute approximate surface area is 169 Å². The number of nitro groups is 1. The van der Waals surface area contributed by atoms with Crippen LogP contribution in [0.4, 0.5) is 23.7 Å². The van der Waals surface area contributed by atoms with E-state index in [-0.39, 0.29) is 6.07 Å². The van der Waals surface area contributed by atoms with Gasteiger partial charge in [0, 0.05) is 7.05 Å². The Balaban J connectivity index is 2.67. The second kappa shape index (κ2) is 7.41. The van der Waals surface area contributed by atoms with Crippen molar-refractivity contribution in [2.45, 2.75) is 38.8 Å². The number of aliphatic imine (C=N–C) groups is 1. The predicted molar refractivity (Wildman–Crippen MR) is 98.7 cm³/mol. The Hall–Kier alpha value is -2.90. The number of ether oxygens (including phenoxy) is 1. The fourth-order valence-corrected chi connectivity index (χ4v) is 4.26. The first-order chi connectivity index (χ1) is 13.5. The van der Waals surface area contributed by atoms with E-state index >= 15 is 0 Å². The van der Waals surface area contributed by atoms with Crippen LogP contribution in [0.3, 0.4) is 0 Å². The van der Waals surface area contributed by atoms with Crippen molar-refractivity contribution >= 4 is 27.8 Å². The van der Waals surface area contributed by atoms with E-state index in [2.05, 4.69) is 10.3 Å². The molecule has 0 spiro atoms. The van der Waals surface area contributed by atoms with Crippen LogP contribution in [0.25, 0.3) is 0 Å². The minimum atomic E-state index is -4.33. The van der Waals surface area contributed by atoms with E-state index in [9.17, 15) is 36.5 Å². The number of rotatable bonds is 2. The zero-order chi connectivity index (χ0) is 23.2. The number of carbonyl (C=O) groups is 1. The van der Waals surface area contributed by atoms with Crippen LogP contribution in [0, 0.1) is 27.6 Å². The van der Waals surface area contributed by atoms with Gasteiger partial charge in [-0.05, 0) is 27.7 Å². The van der Waals surface area contributed by atoms with Crippen LogP contribution < -0.4 is 5.32 Å². The lowest BCUT2D eigenvalue weighted by Gasteiger charge is -2.40. The minimum absolute atomic E-state index is 0.0523. The number of guanidine groups is 1. The van der Waals surface area contributed by atoms with Gasteiger partial charge >= 0.3 is 11.8 Å². The number of hydrogen-bond donors (Lipinski definition) is 1. The summed E-state index contributed by atoms with van der Waals surface area (Å²) in [7, 11) is -3.31. The second-order valence-electron chi connectivity index (χ2n) is 7.73. The van der Waals surface area contributed by atoms with E-state index in [0.717, 1.165) is 14.0 Å². The number of nitrogens with zero attached hydrogens (tertiary/aromatic N) is 3. The highest BCUT2D eigenvalue weighted by molar-refractivity contribution is 7.89. The summed E-state index contributed by atoms with van der Waals surface area (Å²) in [6, 6.07) is 0.0523. The fourth-order valence-electron chi connectivity index (χ4n) is 2.77. The number of carbonyl (C=O) groups excluding carboxylic acids is 1. The third-order valence-electron chi connectivity index (χ3n) is 4.05. The molecule has 0 bridgehead atoms. The first-order valence-corrected chi connectivity index (χ1v) is 9.98. The maximum Gasteiger partial charge on any atom is 0.437 e. The molecule has 0 saturated carbocycles. The topological polar surface area (TPSA) is 131 Å². The zero-order valence-corrected chi connectivity index (χ0v) is 17.4. The Morgan fingerprint density at radius 1 is 1.33 bits per heavy atom. The number of benzene rings is 1. The molecule has 1 fully saturated rings. The maximum atomic E-state index is 14.7. The molecule has 1 atom stereocenters. The molecule has 14 heteroatoms. The minimum Gasteiger partial charge on any atom is -0.442 e. The first-order valence-electron chi connectivity index (χ1n) is 8.37. The summed E-state index contributed by atoms with van der Waals surface area (Å²) in [6.07, 6.45) is -1.21. The lowest BCUT2D eigenvalue weighted by Crippen LogP contribution is -2.62. The van der Waals surface area contributed by atoms with E-state index in [4.69, 9.17) is 4.74 Å².